The minimum Gasteiger partial charge on any atom is -0.497 e. The highest BCUT2D eigenvalue weighted by Gasteiger charge is 2.18. The van der Waals surface area contributed by atoms with Gasteiger partial charge in [0.15, 0.2) is 3.77 Å². The van der Waals surface area contributed by atoms with Crippen LogP contribution < -0.4 is 9.47 Å². The average Bonchev–Trinajstić information content (AvgIpc) is 3.27. The number of thioether (sulfide) groups is 1. The van der Waals surface area contributed by atoms with Crippen molar-refractivity contribution >= 4 is 62.3 Å². The number of hydrogen-bond acceptors (Lipinski definition) is 8. The highest BCUT2D eigenvalue weighted by Crippen LogP contribution is 2.34. The predicted octanol–water partition coefficient (Wildman–Crippen LogP) is 4.93. The van der Waals surface area contributed by atoms with E-state index in [4.69, 9.17) is 18.3 Å². The molecule has 0 aliphatic carbocycles. The van der Waals surface area contributed by atoms with Crippen molar-refractivity contribution in [3.05, 3.63) is 43.2 Å². The van der Waals surface area contributed by atoms with Crippen molar-refractivity contribution in [1.29, 1.82) is 0 Å². The van der Waals surface area contributed by atoms with E-state index in [1.54, 1.807) is 24.3 Å². The van der Waals surface area contributed by atoms with Gasteiger partial charge in [-0.25, -0.2) is 4.79 Å². The van der Waals surface area contributed by atoms with E-state index in [1.807, 2.05) is 22.6 Å². The Morgan fingerprint density at radius 1 is 1.18 bits per heavy atom. The fourth-order valence-electron chi connectivity index (χ4n) is 2.09. The Hall–Kier alpha value is -1.99. The Bertz CT molecular complexity index is 1010. The number of methoxy groups -OCH3 is 2. The zero-order valence-corrected chi connectivity index (χ0v) is 19.0. The van der Waals surface area contributed by atoms with Gasteiger partial charge >= 0.3 is 5.97 Å². The second kappa shape index (κ2) is 9.01. The number of aliphatic carboxylic acids is 1. The van der Waals surface area contributed by atoms with Gasteiger partial charge in [0, 0.05) is 40.3 Å². The quantitative estimate of drug-likeness (QED) is 0.237. The van der Waals surface area contributed by atoms with Crippen LogP contribution in [0.25, 0.3) is 17.5 Å². The zero-order valence-electron chi connectivity index (χ0n) is 14.4. The van der Waals surface area contributed by atoms with E-state index >= 15 is 0 Å². The molecular weight excluding hydrogens is 567 g/mol. The lowest BCUT2D eigenvalue weighted by molar-refractivity contribution is -0.131. The van der Waals surface area contributed by atoms with Gasteiger partial charge < -0.3 is 23.4 Å². The van der Waals surface area contributed by atoms with E-state index in [9.17, 15) is 9.90 Å². The number of benzene rings is 1. The Kier molecular flexibility index (Phi) is 6.67. The lowest BCUT2D eigenvalue weighted by Gasteiger charge is -2.05. The molecule has 0 radical (unpaired) electrons. The van der Waals surface area contributed by atoms with Gasteiger partial charge in [-0.05, 0) is 45.9 Å². The molecule has 0 saturated carbocycles. The topological polar surface area (TPSA) is 108 Å². The molecule has 1 aromatic carbocycles. The number of rotatable bonds is 7. The summed E-state index contributed by atoms with van der Waals surface area (Å²) in [6.45, 7) is 0. The van der Waals surface area contributed by atoms with Crippen LogP contribution in [0.1, 0.15) is 5.76 Å². The highest BCUT2D eigenvalue weighted by molar-refractivity contribution is 14.1. The molecule has 0 aliphatic heterocycles. The minimum absolute atomic E-state index is 0.0314. The van der Waals surface area contributed by atoms with E-state index in [-0.39, 0.29) is 16.0 Å². The van der Waals surface area contributed by atoms with E-state index in [0.717, 1.165) is 16.2 Å². The van der Waals surface area contributed by atoms with Gasteiger partial charge in [-0.15, -0.1) is 10.2 Å². The van der Waals surface area contributed by atoms with Crippen molar-refractivity contribution < 1.29 is 28.2 Å². The monoisotopic (exact) mass is 578 g/mol. The summed E-state index contributed by atoms with van der Waals surface area (Å²) in [5.41, 5.74) is 0.584. The maximum Gasteiger partial charge on any atom is 0.342 e. The summed E-state index contributed by atoms with van der Waals surface area (Å²) >= 11 is 6.14. The standard InChI is InChI=1S/C17H12BrIN2O6S/c1-24-9-3-8(4-10(5-9)25-2)15-20-21-17(27-15)28-13(16(22)23)7-11-6-12(18)14(19)26-11/h3-7H,1-2H3,(H,22,23)/b13-7-. The van der Waals surface area contributed by atoms with Crippen LogP contribution in [-0.2, 0) is 4.79 Å². The van der Waals surface area contributed by atoms with Crippen molar-refractivity contribution in [3.63, 3.8) is 0 Å². The molecule has 28 heavy (non-hydrogen) atoms. The zero-order chi connectivity index (χ0) is 20.3. The van der Waals surface area contributed by atoms with Gasteiger partial charge in [0.25, 0.3) is 5.22 Å². The highest BCUT2D eigenvalue weighted by atomic mass is 127. The third-order valence-corrected chi connectivity index (χ3v) is 6.33. The Labute approximate surface area is 185 Å². The lowest BCUT2D eigenvalue weighted by Crippen LogP contribution is -1.96. The molecule has 11 heteroatoms. The molecule has 0 bridgehead atoms. The van der Waals surface area contributed by atoms with Crippen LogP contribution in [0.4, 0.5) is 0 Å². The third-order valence-electron chi connectivity index (χ3n) is 3.35. The van der Waals surface area contributed by atoms with Crippen molar-refractivity contribution in [2.75, 3.05) is 14.2 Å². The smallest absolute Gasteiger partial charge is 0.342 e. The van der Waals surface area contributed by atoms with Crippen LogP contribution in [0, 0.1) is 3.77 Å². The fraction of sp³-hybridized carbons (Fsp3) is 0.118. The van der Waals surface area contributed by atoms with E-state index < -0.39 is 5.97 Å². The predicted molar refractivity (Wildman–Crippen MR) is 113 cm³/mol. The second-order valence-corrected chi connectivity index (χ2v) is 7.99. The summed E-state index contributed by atoms with van der Waals surface area (Å²) in [6, 6.07) is 6.80. The number of carboxylic acids is 1. The molecule has 0 fully saturated rings. The molecule has 146 valence electrons. The SMILES string of the molecule is COc1cc(OC)cc(-c2nnc(S/C(=C\c3cc(Br)c(I)o3)C(=O)O)o2)c1. The van der Waals surface area contributed by atoms with Crippen molar-refractivity contribution in [2.45, 2.75) is 5.22 Å². The van der Waals surface area contributed by atoms with Gasteiger partial charge in [-0.3, -0.25) is 0 Å². The Morgan fingerprint density at radius 3 is 2.39 bits per heavy atom. The normalized spacial score (nSPS) is 11.5. The number of hydrogen-bond donors (Lipinski definition) is 1. The van der Waals surface area contributed by atoms with Crippen LogP contribution in [0.3, 0.4) is 0 Å². The number of nitrogens with zero attached hydrogens (tertiary/aromatic N) is 2. The average molecular weight is 579 g/mol. The van der Waals surface area contributed by atoms with Crippen LogP contribution in [0.2, 0.25) is 0 Å². The second-order valence-electron chi connectivity index (χ2n) is 5.16. The Morgan fingerprint density at radius 2 is 1.86 bits per heavy atom. The summed E-state index contributed by atoms with van der Waals surface area (Å²) in [6.07, 6.45) is 1.39. The molecule has 0 saturated heterocycles. The maximum absolute atomic E-state index is 11.6. The molecule has 3 aromatic rings. The number of aromatic nitrogens is 2. The van der Waals surface area contributed by atoms with E-state index in [1.165, 1.54) is 20.3 Å². The summed E-state index contributed by atoms with van der Waals surface area (Å²) in [5.74, 6) is 0.574. The molecule has 8 nitrogen and oxygen atoms in total. The molecule has 0 spiro atoms. The van der Waals surface area contributed by atoms with Gasteiger partial charge in [-0.1, -0.05) is 0 Å². The summed E-state index contributed by atoms with van der Waals surface area (Å²) in [7, 11) is 3.07. The number of halogens is 2. The largest absolute Gasteiger partial charge is 0.497 e. The van der Waals surface area contributed by atoms with Crippen LogP contribution in [-0.4, -0.2) is 35.5 Å². The van der Waals surface area contributed by atoms with E-state index in [2.05, 4.69) is 26.1 Å². The summed E-state index contributed by atoms with van der Waals surface area (Å²) < 4.78 is 22.8. The molecule has 0 unspecified atom stereocenters. The molecule has 2 heterocycles. The molecule has 3 rings (SSSR count). The summed E-state index contributed by atoms with van der Waals surface area (Å²) in [5, 5.41) is 17.4. The maximum atomic E-state index is 11.6. The van der Waals surface area contributed by atoms with Gasteiger partial charge in [0.1, 0.15) is 22.2 Å². The molecule has 0 atom stereocenters. The van der Waals surface area contributed by atoms with Crippen molar-refractivity contribution in [1.82, 2.24) is 10.2 Å². The summed E-state index contributed by atoms with van der Waals surface area (Å²) in [4.78, 5) is 11.5. The number of carboxylic acid groups (broad SMARTS) is 1. The number of carbonyl (C=O) groups is 1. The Balaban J connectivity index is 1.87. The molecule has 2 aromatic heterocycles. The van der Waals surface area contributed by atoms with Gasteiger partial charge in [-0.2, -0.15) is 0 Å². The number of furan rings is 1. The van der Waals surface area contributed by atoms with Crippen molar-refractivity contribution in [2.24, 2.45) is 0 Å². The first-order chi connectivity index (χ1) is 13.4. The van der Waals surface area contributed by atoms with Crippen molar-refractivity contribution in [3.8, 4) is 23.0 Å². The first kappa shape index (κ1) is 20.7. The van der Waals surface area contributed by atoms with E-state index in [0.29, 0.717) is 26.6 Å². The molecule has 0 amide bonds. The molecular formula is C17H12BrIN2O6S. The first-order valence-corrected chi connectivity index (χ1v) is 10.2. The van der Waals surface area contributed by atoms with Gasteiger partial charge in [0.05, 0.1) is 18.7 Å². The number of ether oxygens (including phenoxy) is 2. The minimum atomic E-state index is -1.14. The molecule has 1 N–H and O–H groups in total. The van der Waals surface area contributed by atoms with Gasteiger partial charge in [0.2, 0.25) is 5.89 Å². The third kappa shape index (κ3) is 4.89. The van der Waals surface area contributed by atoms with Crippen LogP contribution in [0.5, 0.6) is 11.5 Å². The van der Waals surface area contributed by atoms with Crippen LogP contribution >= 0.6 is 50.3 Å². The van der Waals surface area contributed by atoms with Crippen LogP contribution in [0.15, 0.2) is 47.7 Å². The lowest BCUT2D eigenvalue weighted by atomic mass is 10.2. The first-order valence-electron chi connectivity index (χ1n) is 7.54. The molecule has 0 aliphatic rings. The fourth-order valence-corrected chi connectivity index (χ4v) is 3.46.